The van der Waals surface area contributed by atoms with E-state index >= 15 is 0 Å². The van der Waals surface area contributed by atoms with Gasteiger partial charge in [0.05, 0.1) is 6.10 Å². The Morgan fingerprint density at radius 1 is 1.26 bits per heavy atom. The third kappa shape index (κ3) is 6.65. The van der Waals surface area contributed by atoms with Gasteiger partial charge in [-0.05, 0) is 32.8 Å². The Hall–Kier alpha value is -0.990. The van der Waals surface area contributed by atoms with Gasteiger partial charge in [-0.3, -0.25) is 0 Å². The summed E-state index contributed by atoms with van der Waals surface area (Å²) in [5.41, 5.74) is 1.10. The van der Waals surface area contributed by atoms with Crippen molar-refractivity contribution in [3.05, 3.63) is 35.9 Å². The van der Waals surface area contributed by atoms with E-state index in [4.69, 9.17) is 21.1 Å². The minimum absolute atomic E-state index is 0.0917. The van der Waals surface area contributed by atoms with Gasteiger partial charge in [0.25, 0.3) is 0 Å². The van der Waals surface area contributed by atoms with Crippen molar-refractivity contribution < 1.29 is 9.47 Å². The zero-order valence-corrected chi connectivity index (χ0v) is 12.5. The zero-order valence-electron chi connectivity index (χ0n) is 11.8. The molecular weight excluding hydrogens is 260 g/mol. The highest BCUT2D eigenvalue weighted by Gasteiger charge is 2.05. The van der Waals surface area contributed by atoms with E-state index in [-0.39, 0.29) is 6.10 Å². The Balaban J connectivity index is 2.35. The maximum atomic E-state index is 5.81. The van der Waals surface area contributed by atoms with Crippen LogP contribution in [0.4, 0.5) is 0 Å². The zero-order chi connectivity index (χ0) is 13.9. The van der Waals surface area contributed by atoms with Crippen LogP contribution in [0, 0.1) is 0 Å². The van der Waals surface area contributed by atoms with E-state index in [1.807, 2.05) is 50.3 Å². The summed E-state index contributed by atoms with van der Waals surface area (Å²) < 4.78 is 11.5. The lowest BCUT2D eigenvalue weighted by atomic mass is 10.2. The van der Waals surface area contributed by atoms with Crippen LogP contribution < -0.4 is 4.74 Å². The standard InChI is InChI=1S/C16H23ClO2/c1-3-8-15-9-4-5-10-16(15)19-13-14(2)18-12-7-6-11-17/h3-5,8-10,14H,6-7,11-13H2,1-2H3. The second-order valence-corrected chi connectivity index (χ2v) is 4.80. The summed E-state index contributed by atoms with van der Waals surface area (Å²) in [6.07, 6.45) is 6.15. The lowest BCUT2D eigenvalue weighted by molar-refractivity contribution is 0.0309. The van der Waals surface area contributed by atoms with Gasteiger partial charge in [-0.15, -0.1) is 11.6 Å². The van der Waals surface area contributed by atoms with Gasteiger partial charge in [0.2, 0.25) is 0 Å². The smallest absolute Gasteiger partial charge is 0.126 e. The first-order valence-electron chi connectivity index (χ1n) is 6.80. The summed E-state index contributed by atoms with van der Waals surface area (Å²) >= 11 is 5.62. The molecule has 0 radical (unpaired) electrons. The van der Waals surface area contributed by atoms with E-state index < -0.39 is 0 Å². The van der Waals surface area contributed by atoms with E-state index in [0.29, 0.717) is 12.5 Å². The van der Waals surface area contributed by atoms with Crippen molar-refractivity contribution in [1.82, 2.24) is 0 Å². The van der Waals surface area contributed by atoms with Crippen molar-refractivity contribution in [2.45, 2.75) is 32.8 Å². The fourth-order valence-electron chi connectivity index (χ4n) is 1.67. The molecule has 1 aromatic carbocycles. The maximum absolute atomic E-state index is 5.81. The minimum atomic E-state index is 0.0917. The summed E-state index contributed by atoms with van der Waals surface area (Å²) in [5.74, 6) is 1.60. The minimum Gasteiger partial charge on any atom is -0.490 e. The molecule has 0 aliphatic rings. The van der Waals surface area contributed by atoms with Crippen molar-refractivity contribution in [3.8, 4) is 5.75 Å². The van der Waals surface area contributed by atoms with E-state index in [0.717, 1.165) is 30.8 Å². The molecule has 0 saturated carbocycles. The molecule has 0 aliphatic carbocycles. The molecule has 106 valence electrons. The second-order valence-electron chi connectivity index (χ2n) is 4.43. The van der Waals surface area contributed by atoms with Crippen molar-refractivity contribution >= 4 is 17.7 Å². The van der Waals surface area contributed by atoms with Crippen molar-refractivity contribution in [2.24, 2.45) is 0 Å². The highest BCUT2D eigenvalue weighted by Crippen LogP contribution is 2.19. The van der Waals surface area contributed by atoms with Gasteiger partial charge in [0.1, 0.15) is 12.4 Å². The molecule has 1 atom stereocenters. The molecule has 1 rings (SSSR count). The average Bonchev–Trinajstić information content (AvgIpc) is 2.43. The monoisotopic (exact) mass is 282 g/mol. The van der Waals surface area contributed by atoms with Gasteiger partial charge in [-0.25, -0.2) is 0 Å². The average molecular weight is 283 g/mol. The summed E-state index contributed by atoms with van der Waals surface area (Å²) in [7, 11) is 0. The van der Waals surface area contributed by atoms with E-state index in [1.165, 1.54) is 0 Å². The lowest BCUT2D eigenvalue weighted by Gasteiger charge is -2.15. The molecule has 3 heteroatoms. The van der Waals surface area contributed by atoms with Gasteiger partial charge in [0, 0.05) is 18.1 Å². The first-order valence-corrected chi connectivity index (χ1v) is 7.33. The number of allylic oxidation sites excluding steroid dienone is 1. The second kappa shape index (κ2) is 9.88. The number of para-hydroxylation sites is 1. The largest absolute Gasteiger partial charge is 0.490 e. The van der Waals surface area contributed by atoms with E-state index in [2.05, 4.69) is 0 Å². The number of ether oxygens (including phenoxy) is 2. The highest BCUT2D eigenvalue weighted by molar-refractivity contribution is 6.17. The van der Waals surface area contributed by atoms with Crippen LogP contribution in [0.3, 0.4) is 0 Å². The SMILES string of the molecule is CC=Cc1ccccc1OCC(C)OCCCCCl. The molecule has 1 unspecified atom stereocenters. The quantitative estimate of drug-likeness (QED) is 0.490. The summed E-state index contributed by atoms with van der Waals surface area (Å²) in [6.45, 7) is 5.33. The predicted molar refractivity (Wildman–Crippen MR) is 82.0 cm³/mol. The Bertz CT molecular complexity index is 377. The third-order valence-electron chi connectivity index (χ3n) is 2.67. The number of rotatable bonds is 9. The number of halogens is 1. The molecule has 0 bridgehead atoms. The number of hydrogen-bond donors (Lipinski definition) is 0. The van der Waals surface area contributed by atoms with E-state index in [1.54, 1.807) is 0 Å². The Morgan fingerprint density at radius 2 is 2.05 bits per heavy atom. The molecule has 0 aliphatic heterocycles. The van der Waals surface area contributed by atoms with Gasteiger partial charge < -0.3 is 9.47 Å². The third-order valence-corrected chi connectivity index (χ3v) is 2.94. The summed E-state index contributed by atoms with van der Waals surface area (Å²) in [4.78, 5) is 0. The van der Waals surface area contributed by atoms with Crippen LogP contribution in [-0.2, 0) is 4.74 Å². The van der Waals surface area contributed by atoms with Crippen LogP contribution in [0.5, 0.6) is 5.75 Å². The first-order chi connectivity index (χ1) is 9.27. The number of unbranched alkanes of at least 4 members (excludes halogenated alkanes) is 1. The normalized spacial score (nSPS) is 12.8. The van der Waals surface area contributed by atoms with Gasteiger partial charge >= 0.3 is 0 Å². The van der Waals surface area contributed by atoms with Gasteiger partial charge in [0.15, 0.2) is 0 Å². The molecule has 1 aromatic rings. The maximum Gasteiger partial charge on any atom is 0.126 e. The summed E-state index contributed by atoms with van der Waals surface area (Å²) in [6, 6.07) is 8.01. The van der Waals surface area contributed by atoms with Crippen LogP contribution >= 0.6 is 11.6 Å². The van der Waals surface area contributed by atoms with Crippen LogP contribution in [0.15, 0.2) is 30.3 Å². The number of hydrogen-bond acceptors (Lipinski definition) is 2. The predicted octanol–water partition coefficient (Wildman–Crippen LogP) is 4.52. The molecule has 0 heterocycles. The van der Waals surface area contributed by atoms with Crippen LogP contribution in [-0.4, -0.2) is 25.2 Å². The van der Waals surface area contributed by atoms with Crippen molar-refractivity contribution in [3.63, 3.8) is 0 Å². The molecule has 0 fully saturated rings. The number of alkyl halides is 1. The number of benzene rings is 1. The Morgan fingerprint density at radius 3 is 2.79 bits per heavy atom. The van der Waals surface area contributed by atoms with Crippen LogP contribution in [0.1, 0.15) is 32.3 Å². The Labute approximate surface area is 121 Å². The molecule has 0 aromatic heterocycles. The molecule has 0 N–H and O–H groups in total. The molecule has 19 heavy (non-hydrogen) atoms. The molecule has 0 spiro atoms. The van der Waals surface area contributed by atoms with Gasteiger partial charge in [-0.2, -0.15) is 0 Å². The first kappa shape index (κ1) is 16.1. The van der Waals surface area contributed by atoms with Crippen LogP contribution in [0.25, 0.3) is 6.08 Å². The molecule has 2 nitrogen and oxygen atoms in total. The topological polar surface area (TPSA) is 18.5 Å². The van der Waals surface area contributed by atoms with Crippen LogP contribution in [0.2, 0.25) is 0 Å². The van der Waals surface area contributed by atoms with Crippen molar-refractivity contribution in [2.75, 3.05) is 19.1 Å². The Kier molecular flexibility index (Phi) is 8.35. The lowest BCUT2D eigenvalue weighted by Crippen LogP contribution is -2.19. The molecule has 0 saturated heterocycles. The van der Waals surface area contributed by atoms with Crippen molar-refractivity contribution in [1.29, 1.82) is 0 Å². The molecule has 0 amide bonds. The fraction of sp³-hybridized carbons (Fsp3) is 0.500. The fourth-order valence-corrected chi connectivity index (χ4v) is 1.85. The van der Waals surface area contributed by atoms with E-state index in [9.17, 15) is 0 Å². The molecular formula is C16H23ClO2. The highest BCUT2D eigenvalue weighted by atomic mass is 35.5. The summed E-state index contributed by atoms with van der Waals surface area (Å²) in [5, 5.41) is 0. The van der Waals surface area contributed by atoms with Gasteiger partial charge in [-0.1, -0.05) is 30.4 Å².